The number of carbonyl (C=O) groups is 1. The van der Waals surface area contributed by atoms with Crippen molar-refractivity contribution in [1.29, 1.82) is 0 Å². The molecule has 23 heavy (non-hydrogen) atoms. The van der Waals surface area contributed by atoms with E-state index in [2.05, 4.69) is 45.7 Å². The summed E-state index contributed by atoms with van der Waals surface area (Å²) in [7, 11) is -2.31. The highest BCUT2D eigenvalue weighted by Gasteiger charge is 2.19. The highest BCUT2D eigenvalue weighted by molar-refractivity contribution is 6.72. The molecule has 0 fully saturated rings. The molecule has 0 unspecified atom stereocenters. The first-order valence-electron chi connectivity index (χ1n) is 7.93. The zero-order valence-corrected chi connectivity index (χ0v) is 16.9. The third kappa shape index (κ3) is 4.42. The van der Waals surface area contributed by atoms with Gasteiger partial charge in [-0.3, -0.25) is 4.79 Å². The van der Waals surface area contributed by atoms with Crippen molar-refractivity contribution in [2.75, 3.05) is 0 Å². The maximum Gasteiger partial charge on any atom is 0.242 e. The van der Waals surface area contributed by atoms with Crippen LogP contribution in [0.25, 0.3) is 0 Å². The van der Waals surface area contributed by atoms with E-state index < -0.39 is 17.1 Å². The van der Waals surface area contributed by atoms with Gasteiger partial charge in [0.1, 0.15) is 5.75 Å². The van der Waals surface area contributed by atoms with Crippen molar-refractivity contribution >= 4 is 28.1 Å². The fourth-order valence-corrected chi connectivity index (χ4v) is 5.15. The molecule has 2 aromatic carbocycles. The van der Waals surface area contributed by atoms with Crippen LogP contribution in [0.1, 0.15) is 21.5 Å². The second-order valence-corrected chi connectivity index (χ2v) is 14.0. The number of benzene rings is 2. The molecule has 0 spiro atoms. The molecule has 4 heteroatoms. The second kappa shape index (κ2) is 6.85. The molecule has 0 aliphatic heterocycles. The minimum absolute atomic E-state index is 0.106. The van der Waals surface area contributed by atoms with Gasteiger partial charge in [-0.2, -0.15) is 0 Å². The molecule has 0 heterocycles. The van der Waals surface area contributed by atoms with Crippen LogP contribution in [0.4, 0.5) is 0 Å². The average Bonchev–Trinajstić information content (AvgIpc) is 2.45. The Morgan fingerprint density at radius 1 is 1.00 bits per heavy atom. The van der Waals surface area contributed by atoms with Crippen molar-refractivity contribution in [3.8, 4) is 5.75 Å². The molecule has 0 bridgehead atoms. The van der Waals surface area contributed by atoms with Gasteiger partial charge in [0.2, 0.25) is 8.32 Å². The van der Waals surface area contributed by atoms with Crippen LogP contribution in [0.3, 0.4) is 0 Å². The molecule has 0 N–H and O–H groups in total. The summed E-state index contributed by atoms with van der Waals surface area (Å²) in [4.78, 5) is 12.9. The van der Waals surface area contributed by atoms with Gasteiger partial charge in [-0.25, -0.2) is 0 Å². The first kappa shape index (κ1) is 17.7. The van der Waals surface area contributed by atoms with Crippen molar-refractivity contribution in [3.63, 3.8) is 0 Å². The summed E-state index contributed by atoms with van der Waals surface area (Å²) >= 11 is 0. The Morgan fingerprint density at radius 2 is 1.61 bits per heavy atom. The maximum absolute atomic E-state index is 12.9. The van der Waals surface area contributed by atoms with E-state index in [0.717, 1.165) is 16.9 Å². The van der Waals surface area contributed by atoms with E-state index in [-0.39, 0.29) is 5.78 Å². The smallest absolute Gasteiger partial charge is 0.242 e. The van der Waals surface area contributed by atoms with Crippen LogP contribution in [0.15, 0.2) is 42.5 Å². The quantitative estimate of drug-likeness (QED) is 0.595. The summed E-state index contributed by atoms with van der Waals surface area (Å²) in [6, 6.07) is 13.6. The summed E-state index contributed by atoms with van der Waals surface area (Å²) in [6.07, 6.45) is 0. The van der Waals surface area contributed by atoms with Gasteiger partial charge in [0, 0.05) is 11.1 Å². The Balaban J connectivity index is 2.33. The van der Waals surface area contributed by atoms with Gasteiger partial charge in [0.15, 0.2) is 5.78 Å². The van der Waals surface area contributed by atoms with Gasteiger partial charge in [0.25, 0.3) is 0 Å². The molecule has 0 aliphatic rings. The Bertz CT molecular complexity index is 698. The largest absolute Gasteiger partial charge is 0.544 e. The van der Waals surface area contributed by atoms with E-state index in [1.165, 1.54) is 10.8 Å². The van der Waals surface area contributed by atoms with Gasteiger partial charge >= 0.3 is 0 Å². The van der Waals surface area contributed by atoms with Gasteiger partial charge in [-0.1, -0.05) is 36.9 Å². The van der Waals surface area contributed by atoms with Crippen LogP contribution in [0, 0.1) is 6.92 Å². The molecule has 2 nitrogen and oxygen atoms in total. The van der Waals surface area contributed by atoms with Crippen molar-refractivity contribution < 1.29 is 9.22 Å². The second-order valence-electron chi connectivity index (χ2n) is 7.07. The maximum atomic E-state index is 12.9. The molecule has 2 rings (SSSR count). The lowest BCUT2D eigenvalue weighted by Crippen LogP contribution is -2.32. The third-order valence-electron chi connectivity index (χ3n) is 3.56. The number of carbonyl (C=O) groups excluding carboxylic acids is 1. The van der Waals surface area contributed by atoms with E-state index in [4.69, 9.17) is 4.43 Å². The first-order valence-corrected chi connectivity index (χ1v) is 13.8. The number of hydrogen-bond acceptors (Lipinski definition) is 2. The standard InChI is InChI=1S/C19H25O2Si2/c1-14-8-7-9-17(19(14)22(2)3)18(20)15-10-12-16(13-11-15)21-23(4,5)6/h7-13H,1-6H3. The lowest BCUT2D eigenvalue weighted by atomic mass is 10.0. The van der Waals surface area contributed by atoms with E-state index >= 15 is 0 Å². The van der Waals surface area contributed by atoms with Crippen molar-refractivity contribution in [2.45, 2.75) is 39.7 Å². The highest BCUT2D eigenvalue weighted by atomic mass is 28.4. The normalized spacial score (nSPS) is 11.6. The molecular formula is C19H25O2Si2. The summed E-state index contributed by atoms with van der Waals surface area (Å²) in [5, 5.41) is 1.24. The SMILES string of the molecule is Cc1cccc(C(=O)c2ccc(O[Si](C)(C)C)cc2)c1[Si](C)C. The van der Waals surface area contributed by atoms with E-state index in [9.17, 15) is 4.79 Å². The zero-order chi connectivity index (χ0) is 17.2. The van der Waals surface area contributed by atoms with Gasteiger partial charge in [-0.15, -0.1) is 0 Å². The van der Waals surface area contributed by atoms with Crippen LogP contribution >= 0.6 is 0 Å². The zero-order valence-electron chi connectivity index (χ0n) is 14.9. The van der Waals surface area contributed by atoms with E-state index in [1.807, 2.05) is 36.4 Å². The molecule has 0 saturated carbocycles. The minimum atomic E-state index is -1.62. The van der Waals surface area contributed by atoms with E-state index in [1.54, 1.807) is 0 Å². The lowest BCUT2D eigenvalue weighted by Gasteiger charge is -2.19. The summed E-state index contributed by atoms with van der Waals surface area (Å²) in [5.41, 5.74) is 2.79. The van der Waals surface area contributed by atoms with Crippen LogP contribution in [0.5, 0.6) is 5.75 Å². The third-order valence-corrected chi connectivity index (χ3v) is 6.07. The Kier molecular flexibility index (Phi) is 5.27. The van der Waals surface area contributed by atoms with Crippen molar-refractivity contribution in [3.05, 3.63) is 59.2 Å². The Morgan fingerprint density at radius 3 is 2.13 bits per heavy atom. The van der Waals surface area contributed by atoms with Crippen molar-refractivity contribution in [1.82, 2.24) is 0 Å². The molecule has 1 radical (unpaired) electrons. The monoisotopic (exact) mass is 341 g/mol. The van der Waals surface area contributed by atoms with Crippen LogP contribution < -0.4 is 9.61 Å². The Labute approximate surface area is 142 Å². The van der Waals surface area contributed by atoms with Gasteiger partial charge in [-0.05, 0) is 56.0 Å². The first-order chi connectivity index (χ1) is 10.7. The molecule has 0 aliphatic carbocycles. The number of hydrogen-bond donors (Lipinski definition) is 0. The molecule has 0 atom stereocenters. The summed E-state index contributed by atoms with van der Waals surface area (Å²) in [5.74, 6) is 0.954. The number of aryl methyl sites for hydroxylation is 1. The minimum Gasteiger partial charge on any atom is -0.544 e. The molecule has 0 amide bonds. The molecular weight excluding hydrogens is 316 g/mol. The predicted octanol–water partition coefficient (Wildman–Crippen LogP) is 4.40. The predicted molar refractivity (Wildman–Crippen MR) is 102 cm³/mol. The molecule has 0 aromatic heterocycles. The van der Waals surface area contributed by atoms with Gasteiger partial charge < -0.3 is 4.43 Å². The highest BCUT2D eigenvalue weighted by Crippen LogP contribution is 2.19. The Hall–Kier alpha value is -1.66. The van der Waals surface area contributed by atoms with Crippen LogP contribution in [0.2, 0.25) is 32.7 Å². The van der Waals surface area contributed by atoms with E-state index in [0.29, 0.717) is 0 Å². The fourth-order valence-electron chi connectivity index (χ4n) is 2.70. The van der Waals surface area contributed by atoms with Crippen LogP contribution in [-0.2, 0) is 0 Å². The lowest BCUT2D eigenvalue weighted by molar-refractivity contribution is 0.103. The van der Waals surface area contributed by atoms with Crippen molar-refractivity contribution in [2.24, 2.45) is 0 Å². The number of ketones is 1. The molecule has 121 valence electrons. The van der Waals surface area contributed by atoms with Gasteiger partial charge in [0.05, 0.1) is 8.80 Å². The fraction of sp³-hybridized carbons (Fsp3) is 0.316. The summed E-state index contributed by atoms with van der Waals surface area (Å²) in [6.45, 7) is 13.0. The van der Waals surface area contributed by atoms with Crippen LogP contribution in [-0.4, -0.2) is 22.9 Å². The number of rotatable bonds is 5. The topological polar surface area (TPSA) is 26.3 Å². The average molecular weight is 342 g/mol. The molecule has 2 aromatic rings. The molecule has 0 saturated heterocycles. The summed E-state index contributed by atoms with van der Waals surface area (Å²) < 4.78 is 5.96.